The molecule has 3 rings (SSSR count). The third-order valence-corrected chi connectivity index (χ3v) is 6.67. The second-order valence-electron chi connectivity index (χ2n) is 8.12. The Morgan fingerprint density at radius 1 is 1.21 bits per heavy atom. The van der Waals surface area contributed by atoms with Crippen LogP contribution < -0.4 is 0 Å². The lowest BCUT2D eigenvalue weighted by Crippen LogP contribution is -2.57. The Labute approximate surface area is 166 Å². The lowest BCUT2D eigenvalue weighted by Gasteiger charge is -2.49. The zero-order valence-corrected chi connectivity index (χ0v) is 17.1. The van der Waals surface area contributed by atoms with Crippen LogP contribution in [-0.4, -0.2) is 66.1 Å². The summed E-state index contributed by atoms with van der Waals surface area (Å²) < 4.78 is 5.72. The summed E-state index contributed by atoms with van der Waals surface area (Å²) in [4.78, 5) is 27.8. The number of benzene rings is 1. The van der Waals surface area contributed by atoms with E-state index >= 15 is 0 Å². The average molecular weight is 389 g/mol. The highest BCUT2D eigenvalue weighted by atomic mass is 16.6. The van der Waals surface area contributed by atoms with Crippen molar-refractivity contribution in [2.75, 3.05) is 33.4 Å². The van der Waals surface area contributed by atoms with Gasteiger partial charge in [0.05, 0.1) is 11.5 Å². The summed E-state index contributed by atoms with van der Waals surface area (Å²) in [5.74, 6) is -0.0734. The van der Waals surface area contributed by atoms with E-state index in [1.165, 1.54) is 12.1 Å². The summed E-state index contributed by atoms with van der Waals surface area (Å²) >= 11 is 0. The Morgan fingerprint density at radius 3 is 2.43 bits per heavy atom. The second-order valence-corrected chi connectivity index (χ2v) is 8.12. The maximum atomic E-state index is 13.1. The van der Waals surface area contributed by atoms with Crippen molar-refractivity contribution in [2.24, 2.45) is 5.41 Å². The maximum absolute atomic E-state index is 13.1. The van der Waals surface area contributed by atoms with E-state index in [9.17, 15) is 14.9 Å². The molecule has 3 atom stereocenters. The Hall–Kier alpha value is -1.99. The highest BCUT2D eigenvalue weighted by molar-refractivity contribution is 5.94. The molecule has 0 radical (unpaired) electrons. The molecule has 1 saturated heterocycles. The lowest BCUT2D eigenvalue weighted by molar-refractivity contribution is -0.384. The molecule has 1 spiro atoms. The molecule has 1 aromatic rings. The Morgan fingerprint density at radius 2 is 1.89 bits per heavy atom. The molecule has 1 aliphatic heterocycles. The van der Waals surface area contributed by atoms with Gasteiger partial charge in [-0.1, -0.05) is 13.8 Å². The van der Waals surface area contributed by atoms with E-state index in [2.05, 4.69) is 18.7 Å². The van der Waals surface area contributed by atoms with Gasteiger partial charge in [-0.2, -0.15) is 0 Å². The minimum Gasteiger partial charge on any atom is -0.381 e. The molecular weight excluding hydrogens is 358 g/mol. The fraction of sp³-hybridized carbons (Fsp3) is 0.667. The van der Waals surface area contributed by atoms with E-state index in [0.717, 1.165) is 52.0 Å². The molecule has 0 N–H and O–H groups in total. The van der Waals surface area contributed by atoms with Crippen molar-refractivity contribution in [3.8, 4) is 0 Å². The first-order valence-corrected chi connectivity index (χ1v) is 10.2. The monoisotopic (exact) mass is 389 g/mol. The van der Waals surface area contributed by atoms with E-state index in [1.807, 2.05) is 11.9 Å². The van der Waals surface area contributed by atoms with Crippen LogP contribution >= 0.6 is 0 Å². The number of hydrogen-bond donors (Lipinski definition) is 0. The first kappa shape index (κ1) is 20.7. The summed E-state index contributed by atoms with van der Waals surface area (Å²) in [7, 11) is 1.87. The van der Waals surface area contributed by atoms with Gasteiger partial charge in [0.2, 0.25) is 0 Å². The normalized spacial score (nSPS) is 27.3. The molecule has 7 heteroatoms. The van der Waals surface area contributed by atoms with E-state index in [1.54, 1.807) is 12.1 Å². The van der Waals surface area contributed by atoms with Crippen LogP contribution in [0.1, 0.15) is 49.9 Å². The van der Waals surface area contributed by atoms with Crippen LogP contribution in [0.5, 0.6) is 0 Å². The third kappa shape index (κ3) is 4.05. The van der Waals surface area contributed by atoms with Crippen LogP contribution in [0.15, 0.2) is 24.3 Å². The highest BCUT2D eigenvalue weighted by Crippen LogP contribution is 2.45. The Balaban J connectivity index is 1.80. The van der Waals surface area contributed by atoms with E-state index < -0.39 is 4.92 Å². The van der Waals surface area contributed by atoms with Crippen molar-refractivity contribution in [3.63, 3.8) is 0 Å². The van der Waals surface area contributed by atoms with Crippen molar-refractivity contribution < 1.29 is 14.5 Å². The van der Waals surface area contributed by atoms with Gasteiger partial charge in [0, 0.05) is 43.4 Å². The van der Waals surface area contributed by atoms with Crippen molar-refractivity contribution in [1.29, 1.82) is 0 Å². The third-order valence-electron chi connectivity index (χ3n) is 6.67. The predicted molar refractivity (Wildman–Crippen MR) is 107 cm³/mol. The molecule has 0 aromatic heterocycles. The number of rotatable bonds is 6. The van der Waals surface area contributed by atoms with Crippen LogP contribution in [0.3, 0.4) is 0 Å². The van der Waals surface area contributed by atoms with Crippen LogP contribution in [-0.2, 0) is 4.74 Å². The number of carbonyl (C=O) groups is 1. The highest BCUT2D eigenvalue weighted by Gasteiger charge is 2.46. The largest absolute Gasteiger partial charge is 0.381 e. The van der Waals surface area contributed by atoms with Gasteiger partial charge in [-0.3, -0.25) is 19.8 Å². The van der Waals surface area contributed by atoms with Gasteiger partial charge in [0.1, 0.15) is 0 Å². The average Bonchev–Trinajstić information content (AvgIpc) is 3.16. The Kier molecular flexibility index (Phi) is 6.35. The molecule has 1 aromatic carbocycles. The van der Waals surface area contributed by atoms with E-state index in [4.69, 9.17) is 4.74 Å². The zero-order chi connectivity index (χ0) is 20.3. The molecule has 1 saturated carbocycles. The summed E-state index contributed by atoms with van der Waals surface area (Å²) in [5.41, 5.74) is 0.748. The number of nitro groups is 1. The van der Waals surface area contributed by atoms with Gasteiger partial charge in [-0.25, -0.2) is 0 Å². The summed E-state index contributed by atoms with van der Waals surface area (Å²) in [6.45, 7) is 7.92. The second kappa shape index (κ2) is 8.57. The predicted octanol–water partition coefficient (Wildman–Crippen LogP) is 3.34. The number of likely N-dealkylation sites (N-methyl/N-ethyl adjacent to an activating group) is 2. The smallest absolute Gasteiger partial charge is 0.269 e. The minimum atomic E-state index is -0.446. The number of nitro benzene ring substituents is 1. The lowest BCUT2D eigenvalue weighted by atomic mass is 9.69. The molecule has 154 valence electrons. The standard InChI is InChI=1S/C21H31N3O4/c1-4-23(5-2)19-14-21(12-13-28-15-21)11-10-18(19)22(3)20(25)16-6-8-17(9-7-16)24(26)27/h6-9,18-19H,4-5,10-15H2,1-3H3/t18-,19-,21-/m0/s1. The van der Waals surface area contributed by atoms with Crippen molar-refractivity contribution in [2.45, 2.75) is 51.6 Å². The summed E-state index contributed by atoms with van der Waals surface area (Å²) in [6, 6.07) is 6.34. The molecule has 28 heavy (non-hydrogen) atoms. The van der Waals surface area contributed by atoms with Gasteiger partial charge in [0.25, 0.3) is 11.6 Å². The van der Waals surface area contributed by atoms with Crippen molar-refractivity contribution in [1.82, 2.24) is 9.80 Å². The number of hydrogen-bond acceptors (Lipinski definition) is 5. The number of nitrogens with zero attached hydrogens (tertiary/aromatic N) is 3. The zero-order valence-electron chi connectivity index (χ0n) is 17.1. The first-order valence-electron chi connectivity index (χ1n) is 10.2. The molecular formula is C21H31N3O4. The fourth-order valence-corrected chi connectivity index (χ4v) is 4.93. The Bertz CT molecular complexity index is 696. The quantitative estimate of drug-likeness (QED) is 0.551. The fourth-order valence-electron chi connectivity index (χ4n) is 4.93. The summed E-state index contributed by atoms with van der Waals surface area (Å²) in [5, 5.41) is 10.9. The van der Waals surface area contributed by atoms with Crippen LogP contribution in [0.4, 0.5) is 5.69 Å². The molecule has 1 heterocycles. The first-order chi connectivity index (χ1) is 13.4. The van der Waals surface area contributed by atoms with E-state index in [-0.39, 0.29) is 23.1 Å². The molecule has 2 fully saturated rings. The number of non-ortho nitro benzene ring substituents is 1. The van der Waals surface area contributed by atoms with E-state index in [0.29, 0.717) is 11.6 Å². The van der Waals surface area contributed by atoms with Crippen molar-refractivity contribution in [3.05, 3.63) is 39.9 Å². The van der Waals surface area contributed by atoms with Crippen molar-refractivity contribution >= 4 is 11.6 Å². The van der Waals surface area contributed by atoms with Gasteiger partial charge in [0.15, 0.2) is 0 Å². The maximum Gasteiger partial charge on any atom is 0.269 e. The number of ether oxygens (including phenoxy) is 1. The molecule has 2 aliphatic rings. The minimum absolute atomic E-state index is 0.000984. The molecule has 0 unspecified atom stereocenters. The molecule has 1 amide bonds. The SMILES string of the molecule is CCN(CC)[C@H]1C[C@@]2(CCOC2)CC[C@@H]1N(C)C(=O)c1ccc([N+](=O)[O-])cc1. The van der Waals surface area contributed by atoms with Gasteiger partial charge in [-0.05, 0) is 56.3 Å². The molecule has 7 nitrogen and oxygen atoms in total. The topological polar surface area (TPSA) is 75.9 Å². The van der Waals surface area contributed by atoms with Crippen LogP contribution in [0.25, 0.3) is 0 Å². The molecule has 1 aliphatic carbocycles. The van der Waals surface area contributed by atoms with Gasteiger partial charge < -0.3 is 9.64 Å². The number of amides is 1. The van der Waals surface area contributed by atoms with Gasteiger partial charge >= 0.3 is 0 Å². The van der Waals surface area contributed by atoms with Gasteiger partial charge in [-0.15, -0.1) is 0 Å². The molecule has 0 bridgehead atoms. The summed E-state index contributed by atoms with van der Waals surface area (Å²) in [6.07, 6.45) is 4.20. The van der Waals surface area contributed by atoms with Crippen LogP contribution in [0.2, 0.25) is 0 Å². The van der Waals surface area contributed by atoms with Crippen LogP contribution in [0, 0.1) is 15.5 Å². The number of carbonyl (C=O) groups excluding carboxylic acids is 1.